The van der Waals surface area contributed by atoms with Gasteiger partial charge < -0.3 is 11.1 Å². The number of amides is 3. The van der Waals surface area contributed by atoms with Crippen LogP contribution in [0.15, 0.2) is 102 Å². The van der Waals surface area contributed by atoms with E-state index in [1.807, 2.05) is 85.1 Å². The second-order valence-corrected chi connectivity index (χ2v) is 11.9. The Morgan fingerprint density at radius 2 is 1.77 bits per heavy atom. The summed E-state index contributed by atoms with van der Waals surface area (Å²) < 4.78 is 2.01. The van der Waals surface area contributed by atoms with Crippen LogP contribution in [0, 0.1) is 13.8 Å². The molecule has 4 aromatic carbocycles. The highest BCUT2D eigenvalue weighted by atomic mass is 32.2. The number of rotatable bonds is 8. The first-order chi connectivity index (χ1) is 21.2. The Kier molecular flexibility index (Phi) is 7.99. The average Bonchev–Trinajstić information content (AvgIpc) is 3.56. The number of thioether (sulfide) groups is 1. The molecule has 1 saturated heterocycles. The van der Waals surface area contributed by atoms with Gasteiger partial charge in [-0.05, 0) is 73.5 Å². The van der Waals surface area contributed by atoms with Crippen molar-refractivity contribution in [2.45, 2.75) is 32.1 Å². The highest BCUT2D eigenvalue weighted by Crippen LogP contribution is 2.33. The van der Waals surface area contributed by atoms with E-state index in [9.17, 15) is 14.4 Å². The van der Waals surface area contributed by atoms with Crippen molar-refractivity contribution >= 4 is 57.1 Å². The monoisotopic (exact) mass is 602 g/mol. The second-order valence-electron chi connectivity index (χ2n) is 10.7. The number of amidine groups is 1. The Morgan fingerprint density at radius 1 is 0.977 bits per heavy atom. The minimum atomic E-state index is -0.657. The molecule has 0 spiro atoms. The van der Waals surface area contributed by atoms with E-state index in [0.29, 0.717) is 16.4 Å². The topological polar surface area (TPSA) is 123 Å². The maximum absolute atomic E-state index is 13.7. The number of aromatic nitrogens is 2. The molecule has 0 saturated carbocycles. The van der Waals surface area contributed by atoms with Crippen molar-refractivity contribution in [2.24, 2.45) is 10.7 Å². The van der Waals surface area contributed by atoms with Crippen LogP contribution in [0.1, 0.15) is 33.5 Å². The van der Waals surface area contributed by atoms with E-state index >= 15 is 0 Å². The van der Waals surface area contributed by atoms with Gasteiger partial charge in [0, 0.05) is 23.4 Å². The number of para-hydroxylation sites is 2. The molecule has 1 unspecified atom stereocenters. The van der Waals surface area contributed by atoms with Gasteiger partial charge in [-0.1, -0.05) is 59.8 Å². The summed E-state index contributed by atoms with van der Waals surface area (Å²) >= 11 is 1.24. The van der Waals surface area contributed by atoms with Crippen molar-refractivity contribution in [2.75, 3.05) is 5.32 Å². The number of fused-ring (bicyclic) bond motifs is 1. The van der Waals surface area contributed by atoms with Crippen LogP contribution >= 0.6 is 11.8 Å². The summed E-state index contributed by atoms with van der Waals surface area (Å²) in [5, 5.41) is 2.74. The highest BCUT2D eigenvalue weighted by molar-refractivity contribution is 8.15. The number of aliphatic imine (C=N–C) groups is 1. The maximum atomic E-state index is 13.7. The van der Waals surface area contributed by atoms with Crippen LogP contribution < -0.4 is 11.1 Å². The van der Waals surface area contributed by atoms with Crippen LogP contribution in [-0.2, 0) is 16.1 Å². The van der Waals surface area contributed by atoms with Gasteiger partial charge in [-0.15, -0.1) is 0 Å². The average molecular weight is 603 g/mol. The summed E-state index contributed by atoms with van der Waals surface area (Å²) in [6.45, 7) is 4.19. The Morgan fingerprint density at radius 3 is 2.55 bits per heavy atom. The largest absolute Gasteiger partial charge is 0.366 e. The molecular formula is C34H30N6O3S. The van der Waals surface area contributed by atoms with Crippen LogP contribution in [0.4, 0.5) is 11.4 Å². The number of nitrogens with two attached hydrogens (primary N) is 1. The second kappa shape index (κ2) is 12.2. The van der Waals surface area contributed by atoms with Crippen molar-refractivity contribution < 1.29 is 14.4 Å². The molecule has 0 radical (unpaired) electrons. The molecule has 2 heterocycles. The Bertz CT molecular complexity index is 1930. The van der Waals surface area contributed by atoms with E-state index in [4.69, 9.17) is 10.7 Å². The van der Waals surface area contributed by atoms with Gasteiger partial charge in [0.25, 0.3) is 0 Å². The van der Waals surface area contributed by atoms with Crippen LogP contribution in [0.2, 0.25) is 0 Å². The van der Waals surface area contributed by atoms with Gasteiger partial charge in [-0.2, -0.15) is 0 Å². The first-order valence-corrected chi connectivity index (χ1v) is 15.0. The first-order valence-electron chi connectivity index (χ1n) is 14.1. The zero-order valence-electron chi connectivity index (χ0n) is 24.2. The van der Waals surface area contributed by atoms with Crippen molar-refractivity contribution in [1.29, 1.82) is 0 Å². The maximum Gasteiger partial charge on any atom is 0.248 e. The van der Waals surface area contributed by atoms with Crippen molar-refractivity contribution in [1.82, 2.24) is 14.5 Å². The zero-order chi connectivity index (χ0) is 30.8. The van der Waals surface area contributed by atoms with Crippen LogP contribution in [-0.4, -0.2) is 42.6 Å². The molecule has 1 aliphatic rings. The number of carbonyl (C=O) groups excluding carboxylic acids is 3. The molecule has 0 aliphatic carbocycles. The zero-order valence-corrected chi connectivity index (χ0v) is 25.0. The lowest BCUT2D eigenvalue weighted by Crippen LogP contribution is -2.33. The van der Waals surface area contributed by atoms with Gasteiger partial charge >= 0.3 is 0 Å². The molecule has 3 amide bonds. The van der Waals surface area contributed by atoms with Crippen molar-refractivity contribution in [3.05, 3.63) is 120 Å². The Balaban J connectivity index is 1.25. The lowest BCUT2D eigenvalue weighted by atomic mass is 10.1. The Hall–Kier alpha value is -5.22. The van der Waals surface area contributed by atoms with Crippen molar-refractivity contribution in [3.63, 3.8) is 0 Å². The predicted molar refractivity (Wildman–Crippen MR) is 174 cm³/mol. The summed E-state index contributed by atoms with van der Waals surface area (Å²) in [6.07, 6.45) is 1.78. The number of nitrogens with one attached hydrogen (secondary N) is 1. The summed E-state index contributed by atoms with van der Waals surface area (Å²) in [5.74, 6) is -1.03. The molecule has 44 heavy (non-hydrogen) atoms. The number of primary amides is 1. The van der Waals surface area contributed by atoms with Gasteiger partial charge in [-0.25, -0.2) is 9.98 Å². The third kappa shape index (κ3) is 6.11. The molecule has 10 heteroatoms. The molecular weight excluding hydrogens is 572 g/mol. The van der Waals surface area contributed by atoms with E-state index in [2.05, 4.69) is 10.3 Å². The third-order valence-electron chi connectivity index (χ3n) is 7.41. The molecule has 3 N–H and O–H groups in total. The number of imidazole rings is 1. The van der Waals surface area contributed by atoms with Gasteiger partial charge in [0.2, 0.25) is 17.7 Å². The molecule has 1 atom stereocenters. The molecule has 220 valence electrons. The van der Waals surface area contributed by atoms with Crippen molar-refractivity contribution in [3.8, 4) is 5.69 Å². The number of anilines is 1. The molecule has 1 fully saturated rings. The number of aryl methyl sites for hydroxylation is 2. The summed E-state index contributed by atoms with van der Waals surface area (Å²) in [6, 6.07) is 28.3. The molecule has 5 aromatic rings. The normalized spacial score (nSPS) is 15.7. The number of nitrogens with zero attached hydrogens (tertiary/aromatic N) is 4. The van der Waals surface area contributed by atoms with E-state index < -0.39 is 11.2 Å². The number of carbonyl (C=O) groups is 3. The molecule has 1 aromatic heterocycles. The smallest absolute Gasteiger partial charge is 0.248 e. The summed E-state index contributed by atoms with van der Waals surface area (Å²) in [5.41, 5.74) is 12.8. The third-order valence-corrected chi connectivity index (χ3v) is 8.59. The van der Waals surface area contributed by atoms with Crippen LogP contribution in [0.5, 0.6) is 0 Å². The quantitative estimate of drug-likeness (QED) is 0.229. The van der Waals surface area contributed by atoms with Gasteiger partial charge in [0.15, 0.2) is 5.17 Å². The lowest BCUT2D eigenvalue weighted by molar-refractivity contribution is -0.128. The summed E-state index contributed by atoms with van der Waals surface area (Å²) in [7, 11) is 0. The Labute approximate surface area is 258 Å². The minimum absolute atomic E-state index is 0.0136. The predicted octanol–water partition coefficient (Wildman–Crippen LogP) is 5.90. The lowest BCUT2D eigenvalue weighted by Gasteiger charge is -2.17. The van der Waals surface area contributed by atoms with E-state index in [1.165, 1.54) is 11.8 Å². The van der Waals surface area contributed by atoms with Crippen LogP contribution in [0.3, 0.4) is 0 Å². The van der Waals surface area contributed by atoms with E-state index in [1.54, 1.807) is 35.5 Å². The van der Waals surface area contributed by atoms with Crippen LogP contribution in [0.25, 0.3) is 16.7 Å². The van der Waals surface area contributed by atoms with Gasteiger partial charge in [-0.3, -0.25) is 23.9 Å². The number of benzene rings is 4. The molecule has 0 bridgehead atoms. The van der Waals surface area contributed by atoms with Gasteiger partial charge in [0.05, 0.1) is 23.3 Å². The fraction of sp³-hybridized carbons (Fsp3) is 0.147. The standard InChI is InChI=1S/C34H30N6O3S/c1-21-10-15-27(22(2)16-21)38-31(41)18-30-33(43)39(34(44-30)37-25-7-5-6-24(17-25)32(35)42)19-23-11-13-26(14-12-23)40-20-36-28-8-3-4-9-29(28)40/h3-17,20,30H,18-19H2,1-2H3,(H2,35,42)(H,38,41). The fourth-order valence-electron chi connectivity index (χ4n) is 5.14. The highest BCUT2D eigenvalue weighted by Gasteiger charge is 2.39. The number of hydrogen-bond acceptors (Lipinski definition) is 6. The fourth-order valence-corrected chi connectivity index (χ4v) is 6.30. The summed E-state index contributed by atoms with van der Waals surface area (Å²) in [4.78, 5) is 49.3. The molecule has 1 aliphatic heterocycles. The first kappa shape index (κ1) is 28.9. The SMILES string of the molecule is Cc1ccc(NC(=O)CC2SC(=Nc3cccc(C(N)=O)c3)N(Cc3ccc(-n4cnc5ccccc54)cc3)C2=O)c(C)c1. The van der Waals surface area contributed by atoms with E-state index in [0.717, 1.165) is 39.1 Å². The van der Waals surface area contributed by atoms with Gasteiger partial charge in [0.1, 0.15) is 11.6 Å². The molecule has 6 rings (SSSR count). The molecule has 9 nitrogen and oxygen atoms in total. The number of hydrogen-bond donors (Lipinski definition) is 2. The van der Waals surface area contributed by atoms with E-state index in [-0.39, 0.29) is 24.8 Å². The minimum Gasteiger partial charge on any atom is -0.366 e.